The lowest BCUT2D eigenvalue weighted by atomic mass is 10.1. The standard InChI is InChI=1S/C17H20ClNO4/c1-11(2)10-23-13-6-4-12(5-7-13)14-15(18)17(21)19(16(14)20)8-9-22-3/h4-7,11H,8-10H2,1-3H3. The first-order chi connectivity index (χ1) is 11.0. The van der Waals surface area contributed by atoms with E-state index < -0.39 is 11.8 Å². The van der Waals surface area contributed by atoms with E-state index in [0.717, 1.165) is 4.90 Å². The fraction of sp³-hybridized carbons (Fsp3) is 0.412. The number of rotatable bonds is 7. The van der Waals surface area contributed by atoms with Gasteiger partial charge in [0.2, 0.25) is 0 Å². The summed E-state index contributed by atoms with van der Waals surface area (Å²) in [6.07, 6.45) is 0. The topological polar surface area (TPSA) is 55.8 Å². The van der Waals surface area contributed by atoms with Gasteiger partial charge in [-0.25, -0.2) is 0 Å². The predicted octanol–water partition coefficient (Wildman–Crippen LogP) is 2.69. The largest absolute Gasteiger partial charge is 0.493 e. The molecule has 0 fully saturated rings. The van der Waals surface area contributed by atoms with Crippen LogP contribution >= 0.6 is 11.6 Å². The van der Waals surface area contributed by atoms with Crippen LogP contribution in [0.25, 0.3) is 5.57 Å². The molecule has 124 valence electrons. The Kier molecular flexibility index (Phi) is 5.80. The Labute approximate surface area is 140 Å². The maximum Gasteiger partial charge on any atom is 0.273 e. The van der Waals surface area contributed by atoms with Crippen LogP contribution in [0.3, 0.4) is 0 Å². The summed E-state index contributed by atoms with van der Waals surface area (Å²) in [4.78, 5) is 25.6. The molecular formula is C17H20ClNO4. The maximum absolute atomic E-state index is 12.4. The van der Waals surface area contributed by atoms with Crippen molar-refractivity contribution in [3.8, 4) is 5.75 Å². The number of carbonyl (C=O) groups excluding carboxylic acids is 2. The van der Waals surface area contributed by atoms with E-state index in [1.54, 1.807) is 24.3 Å². The Morgan fingerprint density at radius 2 is 1.78 bits per heavy atom. The lowest BCUT2D eigenvalue weighted by Crippen LogP contribution is -2.34. The molecule has 5 nitrogen and oxygen atoms in total. The van der Waals surface area contributed by atoms with Gasteiger partial charge in [0, 0.05) is 7.11 Å². The average molecular weight is 338 g/mol. The van der Waals surface area contributed by atoms with Crippen molar-refractivity contribution < 1.29 is 19.1 Å². The molecule has 0 bridgehead atoms. The van der Waals surface area contributed by atoms with E-state index in [2.05, 4.69) is 13.8 Å². The third-order valence-electron chi connectivity index (χ3n) is 3.36. The molecule has 0 saturated carbocycles. The quantitative estimate of drug-likeness (QED) is 0.718. The van der Waals surface area contributed by atoms with Crippen LogP contribution < -0.4 is 4.74 Å². The van der Waals surface area contributed by atoms with Gasteiger partial charge in [-0.1, -0.05) is 37.6 Å². The third kappa shape index (κ3) is 3.92. The Bertz CT molecular complexity index is 622. The van der Waals surface area contributed by atoms with Gasteiger partial charge in [0.1, 0.15) is 10.8 Å². The molecular weight excluding hydrogens is 318 g/mol. The SMILES string of the molecule is COCCN1C(=O)C(Cl)=C(c2ccc(OCC(C)C)cc2)C1=O. The predicted molar refractivity (Wildman–Crippen MR) is 88.1 cm³/mol. The number of methoxy groups -OCH3 is 1. The summed E-state index contributed by atoms with van der Waals surface area (Å²) in [7, 11) is 1.51. The van der Waals surface area contributed by atoms with E-state index in [4.69, 9.17) is 21.1 Å². The first kappa shape index (κ1) is 17.5. The minimum absolute atomic E-state index is 0.0537. The second-order valence-corrected chi connectivity index (χ2v) is 6.05. The molecule has 0 aromatic heterocycles. The normalized spacial score (nSPS) is 15.1. The third-order valence-corrected chi connectivity index (χ3v) is 3.71. The van der Waals surface area contributed by atoms with Gasteiger partial charge in [0.15, 0.2) is 0 Å². The molecule has 1 heterocycles. The molecule has 2 amide bonds. The molecule has 6 heteroatoms. The van der Waals surface area contributed by atoms with Crippen LogP contribution in [0.2, 0.25) is 0 Å². The van der Waals surface area contributed by atoms with Crippen LogP contribution in [0.15, 0.2) is 29.3 Å². The zero-order valence-electron chi connectivity index (χ0n) is 13.5. The molecule has 0 spiro atoms. The lowest BCUT2D eigenvalue weighted by molar-refractivity contribution is -0.137. The summed E-state index contributed by atoms with van der Waals surface area (Å²) in [5.41, 5.74) is 0.827. The number of hydrogen-bond acceptors (Lipinski definition) is 4. The van der Waals surface area contributed by atoms with Crippen LogP contribution in [-0.4, -0.2) is 43.6 Å². The number of amides is 2. The van der Waals surface area contributed by atoms with Gasteiger partial charge in [-0.15, -0.1) is 0 Å². The highest BCUT2D eigenvalue weighted by Gasteiger charge is 2.37. The number of halogens is 1. The summed E-state index contributed by atoms with van der Waals surface area (Å²) in [5, 5.41) is -0.0537. The number of benzene rings is 1. The van der Waals surface area contributed by atoms with E-state index in [1.807, 2.05) is 0 Å². The number of nitrogens with zero attached hydrogens (tertiary/aromatic N) is 1. The average Bonchev–Trinajstić information content (AvgIpc) is 2.74. The van der Waals surface area contributed by atoms with E-state index in [0.29, 0.717) is 23.8 Å². The summed E-state index contributed by atoms with van der Waals surface area (Å²) in [6, 6.07) is 7.01. The van der Waals surface area contributed by atoms with Gasteiger partial charge in [-0.05, 0) is 23.6 Å². The van der Waals surface area contributed by atoms with Gasteiger partial charge in [-0.3, -0.25) is 14.5 Å². The van der Waals surface area contributed by atoms with E-state index >= 15 is 0 Å². The highest BCUT2D eigenvalue weighted by molar-refractivity contribution is 6.55. The molecule has 0 atom stereocenters. The van der Waals surface area contributed by atoms with Crippen LogP contribution in [0, 0.1) is 5.92 Å². The zero-order chi connectivity index (χ0) is 17.0. The van der Waals surface area contributed by atoms with Gasteiger partial charge in [0.05, 0.1) is 25.3 Å². The first-order valence-electron chi connectivity index (χ1n) is 7.43. The number of imide groups is 1. The number of carbonyl (C=O) groups is 2. The van der Waals surface area contributed by atoms with Crippen molar-refractivity contribution in [3.63, 3.8) is 0 Å². The van der Waals surface area contributed by atoms with Gasteiger partial charge in [-0.2, -0.15) is 0 Å². The smallest absolute Gasteiger partial charge is 0.273 e. The number of ether oxygens (including phenoxy) is 2. The molecule has 1 aliphatic rings. The van der Waals surface area contributed by atoms with Gasteiger partial charge in [0.25, 0.3) is 11.8 Å². The minimum Gasteiger partial charge on any atom is -0.493 e. The number of hydrogen-bond donors (Lipinski definition) is 0. The minimum atomic E-state index is -0.483. The molecule has 0 saturated heterocycles. The molecule has 0 aliphatic carbocycles. The van der Waals surface area contributed by atoms with Crippen molar-refractivity contribution >= 4 is 29.0 Å². The van der Waals surface area contributed by atoms with Crippen molar-refractivity contribution in [1.29, 1.82) is 0 Å². The van der Waals surface area contributed by atoms with E-state index in [1.165, 1.54) is 7.11 Å². The van der Waals surface area contributed by atoms with E-state index in [9.17, 15) is 9.59 Å². The second-order valence-electron chi connectivity index (χ2n) is 5.67. The second kappa shape index (κ2) is 7.62. The van der Waals surface area contributed by atoms with Crippen molar-refractivity contribution in [1.82, 2.24) is 4.90 Å². The molecule has 0 radical (unpaired) electrons. The highest BCUT2D eigenvalue weighted by Crippen LogP contribution is 2.32. The molecule has 1 aliphatic heterocycles. The molecule has 1 aromatic rings. The summed E-state index contributed by atoms with van der Waals surface area (Å²) in [5.74, 6) is 0.263. The van der Waals surface area contributed by atoms with Crippen LogP contribution in [0.1, 0.15) is 19.4 Å². The monoisotopic (exact) mass is 337 g/mol. The van der Waals surface area contributed by atoms with Crippen molar-refractivity contribution in [2.75, 3.05) is 26.9 Å². The summed E-state index contributed by atoms with van der Waals surface area (Å²) >= 11 is 6.07. The van der Waals surface area contributed by atoms with Crippen molar-refractivity contribution in [2.24, 2.45) is 5.92 Å². The fourth-order valence-corrected chi connectivity index (χ4v) is 2.46. The van der Waals surface area contributed by atoms with Crippen LogP contribution in [0.5, 0.6) is 5.75 Å². The first-order valence-corrected chi connectivity index (χ1v) is 7.81. The Balaban J connectivity index is 2.17. The zero-order valence-corrected chi connectivity index (χ0v) is 14.2. The van der Waals surface area contributed by atoms with Crippen LogP contribution in [0.4, 0.5) is 0 Å². The lowest BCUT2D eigenvalue weighted by Gasteiger charge is -2.14. The summed E-state index contributed by atoms with van der Waals surface area (Å²) < 4.78 is 10.5. The maximum atomic E-state index is 12.4. The Morgan fingerprint density at radius 1 is 1.13 bits per heavy atom. The Hall–Kier alpha value is -1.85. The molecule has 2 rings (SSSR count). The molecule has 23 heavy (non-hydrogen) atoms. The van der Waals surface area contributed by atoms with Gasteiger partial charge < -0.3 is 9.47 Å². The van der Waals surface area contributed by atoms with Crippen molar-refractivity contribution in [3.05, 3.63) is 34.9 Å². The molecule has 1 aromatic carbocycles. The van der Waals surface area contributed by atoms with Gasteiger partial charge >= 0.3 is 0 Å². The Morgan fingerprint density at radius 3 is 2.35 bits per heavy atom. The molecule has 0 N–H and O–H groups in total. The highest BCUT2D eigenvalue weighted by atomic mass is 35.5. The molecule has 0 unspecified atom stereocenters. The van der Waals surface area contributed by atoms with Crippen LogP contribution in [-0.2, 0) is 14.3 Å². The van der Waals surface area contributed by atoms with E-state index in [-0.39, 0.29) is 23.8 Å². The van der Waals surface area contributed by atoms with Crippen molar-refractivity contribution in [2.45, 2.75) is 13.8 Å². The fourth-order valence-electron chi connectivity index (χ4n) is 2.16. The summed E-state index contributed by atoms with van der Waals surface area (Å²) in [6.45, 7) is 5.21.